The highest BCUT2D eigenvalue weighted by Crippen LogP contribution is 2.48. The third-order valence-electron chi connectivity index (χ3n) is 5.62. The van der Waals surface area contributed by atoms with Crippen LogP contribution in [0.4, 0.5) is 0 Å². The second-order valence-corrected chi connectivity index (χ2v) is 7.73. The van der Waals surface area contributed by atoms with Gasteiger partial charge in [-0.25, -0.2) is 0 Å². The SMILES string of the molecule is CC(C)C1NC2(CCCC2)C(=O)N1C(C)(C)C1CC1. The number of nitrogens with one attached hydrogen (secondary N) is 1. The lowest BCUT2D eigenvalue weighted by atomic mass is 9.92. The molecule has 1 N–H and O–H groups in total. The molecule has 3 aliphatic rings. The second-order valence-electron chi connectivity index (χ2n) is 7.73. The fourth-order valence-electron chi connectivity index (χ4n) is 4.17. The lowest BCUT2D eigenvalue weighted by molar-refractivity contribution is -0.139. The van der Waals surface area contributed by atoms with Gasteiger partial charge in [-0.2, -0.15) is 0 Å². The molecule has 1 unspecified atom stereocenters. The number of nitrogens with zero attached hydrogens (tertiary/aromatic N) is 1. The maximum Gasteiger partial charge on any atom is 0.244 e. The van der Waals surface area contributed by atoms with Gasteiger partial charge in [0.1, 0.15) is 0 Å². The summed E-state index contributed by atoms with van der Waals surface area (Å²) in [5.41, 5.74) is -0.202. The van der Waals surface area contributed by atoms with Crippen molar-refractivity contribution in [1.29, 1.82) is 0 Å². The molecule has 2 saturated carbocycles. The molecule has 2 aliphatic carbocycles. The van der Waals surface area contributed by atoms with Crippen LogP contribution in [0, 0.1) is 11.8 Å². The maximum atomic E-state index is 13.1. The predicted molar refractivity (Wildman–Crippen MR) is 76.6 cm³/mol. The quantitative estimate of drug-likeness (QED) is 0.850. The van der Waals surface area contributed by atoms with E-state index in [4.69, 9.17) is 0 Å². The molecule has 1 saturated heterocycles. The predicted octanol–water partition coefficient (Wildman–Crippen LogP) is 2.90. The van der Waals surface area contributed by atoms with Crippen LogP contribution in [0.3, 0.4) is 0 Å². The number of carbonyl (C=O) groups is 1. The normalized spacial score (nSPS) is 30.9. The Morgan fingerprint density at radius 3 is 2.32 bits per heavy atom. The number of hydrogen-bond donors (Lipinski definition) is 1. The van der Waals surface area contributed by atoms with Gasteiger partial charge < -0.3 is 4.90 Å². The third-order valence-corrected chi connectivity index (χ3v) is 5.62. The second kappa shape index (κ2) is 4.21. The minimum Gasteiger partial charge on any atom is -0.320 e. The van der Waals surface area contributed by atoms with E-state index in [1.165, 1.54) is 25.7 Å². The molecule has 0 bridgehead atoms. The third kappa shape index (κ3) is 1.93. The van der Waals surface area contributed by atoms with Crippen molar-refractivity contribution in [3.8, 4) is 0 Å². The molecule has 1 aliphatic heterocycles. The first kappa shape index (κ1) is 13.4. The van der Waals surface area contributed by atoms with Crippen LogP contribution >= 0.6 is 0 Å². The average molecular weight is 264 g/mol. The van der Waals surface area contributed by atoms with Gasteiger partial charge in [-0.3, -0.25) is 10.1 Å². The molecule has 0 aromatic rings. The highest BCUT2D eigenvalue weighted by atomic mass is 16.2. The fraction of sp³-hybridized carbons (Fsp3) is 0.938. The zero-order valence-electron chi connectivity index (χ0n) is 12.8. The Balaban J connectivity index is 1.93. The summed E-state index contributed by atoms with van der Waals surface area (Å²) in [5, 5.41) is 3.73. The highest BCUT2D eigenvalue weighted by molar-refractivity contribution is 5.90. The molecule has 1 heterocycles. The molecular weight excluding hydrogens is 236 g/mol. The van der Waals surface area contributed by atoms with Crippen molar-refractivity contribution in [1.82, 2.24) is 10.2 Å². The van der Waals surface area contributed by atoms with Crippen molar-refractivity contribution in [3.05, 3.63) is 0 Å². The van der Waals surface area contributed by atoms with Crippen molar-refractivity contribution in [2.45, 2.75) is 83.5 Å². The number of rotatable bonds is 3. The van der Waals surface area contributed by atoms with Crippen molar-refractivity contribution in [2.75, 3.05) is 0 Å². The van der Waals surface area contributed by atoms with Crippen LogP contribution in [0.5, 0.6) is 0 Å². The molecule has 0 aromatic heterocycles. The van der Waals surface area contributed by atoms with Crippen molar-refractivity contribution >= 4 is 5.91 Å². The number of hydrogen-bond acceptors (Lipinski definition) is 2. The van der Waals surface area contributed by atoms with Gasteiger partial charge in [-0.1, -0.05) is 26.7 Å². The van der Waals surface area contributed by atoms with Crippen LogP contribution in [-0.4, -0.2) is 28.1 Å². The van der Waals surface area contributed by atoms with E-state index in [1.807, 2.05) is 0 Å². The molecule has 0 radical (unpaired) electrons. The minimum absolute atomic E-state index is 0.0190. The first-order valence-electron chi connectivity index (χ1n) is 8.00. The van der Waals surface area contributed by atoms with E-state index in [0.29, 0.717) is 17.7 Å². The Kier molecular flexibility index (Phi) is 2.97. The standard InChI is InChI=1S/C16H28N2O/c1-11(2)13-17-16(9-5-6-10-16)14(19)18(13)15(3,4)12-7-8-12/h11-13,17H,5-10H2,1-4H3. The van der Waals surface area contributed by atoms with Crippen LogP contribution in [-0.2, 0) is 4.79 Å². The van der Waals surface area contributed by atoms with E-state index in [0.717, 1.165) is 12.8 Å². The molecule has 108 valence electrons. The summed E-state index contributed by atoms with van der Waals surface area (Å²) in [4.78, 5) is 15.3. The molecule has 3 heteroatoms. The minimum atomic E-state index is -0.221. The fourth-order valence-corrected chi connectivity index (χ4v) is 4.17. The van der Waals surface area contributed by atoms with E-state index in [2.05, 4.69) is 37.9 Å². The zero-order valence-corrected chi connectivity index (χ0v) is 12.8. The Morgan fingerprint density at radius 1 is 1.26 bits per heavy atom. The van der Waals surface area contributed by atoms with Crippen LogP contribution in [0.25, 0.3) is 0 Å². The summed E-state index contributed by atoms with van der Waals surface area (Å²) >= 11 is 0. The van der Waals surface area contributed by atoms with E-state index >= 15 is 0 Å². The molecule has 3 nitrogen and oxygen atoms in total. The Morgan fingerprint density at radius 2 is 1.84 bits per heavy atom. The van der Waals surface area contributed by atoms with Crippen LogP contribution in [0.15, 0.2) is 0 Å². The smallest absolute Gasteiger partial charge is 0.244 e. The molecule has 1 spiro atoms. The van der Waals surface area contributed by atoms with Gasteiger partial charge in [-0.05, 0) is 51.4 Å². The Bertz CT molecular complexity index is 378. The van der Waals surface area contributed by atoms with E-state index < -0.39 is 0 Å². The average Bonchev–Trinajstić information content (AvgIpc) is 3.03. The van der Waals surface area contributed by atoms with E-state index in [-0.39, 0.29) is 17.2 Å². The van der Waals surface area contributed by atoms with Gasteiger partial charge in [0.15, 0.2) is 0 Å². The monoisotopic (exact) mass is 264 g/mol. The highest BCUT2D eigenvalue weighted by Gasteiger charge is 2.58. The molecular formula is C16H28N2O. The van der Waals surface area contributed by atoms with Gasteiger partial charge in [0.05, 0.1) is 11.7 Å². The van der Waals surface area contributed by atoms with Crippen LogP contribution in [0.2, 0.25) is 0 Å². The van der Waals surface area contributed by atoms with Crippen LogP contribution < -0.4 is 5.32 Å². The van der Waals surface area contributed by atoms with Crippen LogP contribution in [0.1, 0.15) is 66.2 Å². The molecule has 3 fully saturated rings. The summed E-state index contributed by atoms with van der Waals surface area (Å²) in [7, 11) is 0. The first-order valence-corrected chi connectivity index (χ1v) is 8.00. The summed E-state index contributed by atoms with van der Waals surface area (Å²) < 4.78 is 0. The molecule has 1 amide bonds. The van der Waals surface area contributed by atoms with E-state index in [9.17, 15) is 4.79 Å². The maximum absolute atomic E-state index is 13.1. The summed E-state index contributed by atoms with van der Waals surface area (Å²) in [6.07, 6.45) is 7.26. The molecule has 3 rings (SSSR count). The van der Waals surface area contributed by atoms with Crippen molar-refractivity contribution in [2.24, 2.45) is 11.8 Å². The van der Waals surface area contributed by atoms with E-state index in [1.54, 1.807) is 0 Å². The largest absolute Gasteiger partial charge is 0.320 e. The Hall–Kier alpha value is -0.570. The molecule has 19 heavy (non-hydrogen) atoms. The zero-order chi connectivity index (χ0) is 13.8. The Labute approximate surface area is 117 Å². The van der Waals surface area contributed by atoms with Gasteiger partial charge in [0, 0.05) is 5.54 Å². The summed E-state index contributed by atoms with van der Waals surface area (Å²) in [6, 6.07) is 0. The first-order chi connectivity index (χ1) is 8.88. The van der Waals surface area contributed by atoms with Gasteiger partial charge >= 0.3 is 0 Å². The van der Waals surface area contributed by atoms with Crippen molar-refractivity contribution in [3.63, 3.8) is 0 Å². The lowest BCUT2D eigenvalue weighted by Gasteiger charge is -2.41. The topological polar surface area (TPSA) is 32.3 Å². The molecule has 1 atom stereocenters. The van der Waals surface area contributed by atoms with Gasteiger partial charge in [-0.15, -0.1) is 0 Å². The number of amides is 1. The van der Waals surface area contributed by atoms with Gasteiger partial charge in [0.25, 0.3) is 0 Å². The van der Waals surface area contributed by atoms with Gasteiger partial charge in [0.2, 0.25) is 5.91 Å². The summed E-state index contributed by atoms with van der Waals surface area (Å²) in [6.45, 7) is 9.00. The van der Waals surface area contributed by atoms with Crippen molar-refractivity contribution < 1.29 is 4.79 Å². The number of carbonyl (C=O) groups excluding carboxylic acids is 1. The lowest BCUT2D eigenvalue weighted by Crippen LogP contribution is -2.54. The molecule has 0 aromatic carbocycles. The summed E-state index contributed by atoms with van der Waals surface area (Å²) in [5.74, 6) is 1.57.